The summed E-state index contributed by atoms with van der Waals surface area (Å²) in [5.74, 6) is 0. The first-order valence-electron chi connectivity index (χ1n) is 3.71. The lowest BCUT2D eigenvalue weighted by Gasteiger charge is -2.09. The van der Waals surface area contributed by atoms with Crippen molar-refractivity contribution >= 4 is 165 Å². The minimum absolute atomic E-state index is 0. The fourth-order valence-corrected chi connectivity index (χ4v) is 1.22. The van der Waals surface area contributed by atoms with Crippen molar-refractivity contribution in [2.45, 2.75) is 111 Å². The molecule has 0 spiro atoms. The highest BCUT2D eigenvalue weighted by Gasteiger charge is 2.06. The summed E-state index contributed by atoms with van der Waals surface area (Å²) in [4.78, 5) is 0. The van der Waals surface area contributed by atoms with Gasteiger partial charge < -0.3 is 59.1 Å². The molecule has 47 heavy (non-hydrogen) atoms. The van der Waals surface area contributed by atoms with Crippen molar-refractivity contribution in [3.63, 3.8) is 0 Å². The number of hydrogen-bond acceptors (Lipinski definition) is 16. The van der Waals surface area contributed by atoms with E-state index in [0.29, 0.717) is 0 Å². The maximum absolute atomic E-state index is 10.2. The number of rotatable bonds is 6. The second-order valence-corrected chi connectivity index (χ2v) is 8.71. The first-order chi connectivity index (χ1) is 14.1. The van der Waals surface area contributed by atoms with E-state index in [1.54, 1.807) is 0 Å². The van der Waals surface area contributed by atoms with E-state index in [1.807, 2.05) is 0 Å². The molecule has 0 aromatic heterocycles. The smallest absolute Gasteiger partial charge is 0.336 e. The van der Waals surface area contributed by atoms with E-state index in [2.05, 4.69) is 156 Å². The molecule has 0 radical (unpaired) electrons. The van der Waals surface area contributed by atoms with Crippen LogP contribution in [0.25, 0.3) is 0 Å². The van der Waals surface area contributed by atoms with E-state index < -0.39 is 36.6 Å². The predicted molar refractivity (Wildman–Crippen MR) is 219 cm³/mol. The van der Waals surface area contributed by atoms with Gasteiger partial charge in [0.1, 0.15) is 0 Å². The van der Waals surface area contributed by atoms with Crippen LogP contribution in [0, 0.1) is 0 Å². The highest BCUT2D eigenvalue weighted by molar-refractivity contribution is 9.93. The highest BCUT2D eigenvalue weighted by Crippen LogP contribution is 1.92. The zero-order valence-electron chi connectivity index (χ0n) is 12.7. The normalized spacial score (nSPS) is 7.53. The van der Waals surface area contributed by atoms with Crippen molar-refractivity contribution < 1.29 is 103 Å². The van der Waals surface area contributed by atoms with Gasteiger partial charge in [-0.05, 0) is 0 Å². The SMILES string of the molecule is BrBr.BrBr.BrBr.C.C.C.C.C.C.C.C.C.C.C.C.C.C.C.ClCl.ClCl.O=S(=O)=S(=O)(O[O-])OO[O-].O=S(=O)=S(=O)(O[O-])OO[O-].[Br-].[Cl-]. The van der Waals surface area contributed by atoms with Gasteiger partial charge in [-0.25, -0.2) is 0 Å². The van der Waals surface area contributed by atoms with E-state index >= 15 is 0 Å². The molecule has 32 heteroatoms. The molecular formula is C15H60Br7Cl5O16S4-6. The lowest BCUT2D eigenvalue weighted by atomic mass is 12.0. The molecule has 0 bridgehead atoms. The Balaban J connectivity index is -0.00000000625. The quantitative estimate of drug-likeness (QED) is 0.267. The van der Waals surface area contributed by atoms with Crippen LogP contribution in [0.2, 0.25) is 0 Å². The molecule has 0 aliphatic carbocycles. The zero-order chi connectivity index (χ0) is 26.4. The van der Waals surface area contributed by atoms with Gasteiger partial charge in [-0.15, -0.1) is 8.67 Å². The number of halogens is 12. The van der Waals surface area contributed by atoms with Crippen LogP contribution in [0.5, 0.6) is 0 Å². The zero-order valence-corrected chi connectivity index (χ0v) is 30.8. The van der Waals surface area contributed by atoms with Crippen molar-refractivity contribution in [2.24, 2.45) is 0 Å². The average molecular weight is 1360 g/mol. The molecule has 0 rings (SSSR count). The van der Waals surface area contributed by atoms with Gasteiger partial charge in [0, 0.05) is 128 Å². The molecule has 2 atom stereocenters. The summed E-state index contributed by atoms with van der Waals surface area (Å²) in [6.45, 7) is 0. The molecule has 0 aromatic rings. The molecule has 0 amide bonds. The van der Waals surface area contributed by atoms with Crippen LogP contribution >= 0.6 is 128 Å². The van der Waals surface area contributed by atoms with Gasteiger partial charge in [0.25, 0.3) is 0 Å². The molecule has 0 saturated heterocycles. The fraction of sp³-hybridized carbons (Fsp3) is 1.00. The summed E-state index contributed by atoms with van der Waals surface area (Å²) in [6.07, 6.45) is 0. The molecule has 2 unspecified atom stereocenters. The molecule has 0 aliphatic heterocycles. The monoisotopic (exact) mass is 1350 g/mol. The van der Waals surface area contributed by atoms with Crippen LogP contribution in [-0.4, -0.2) is 25.3 Å². The minimum atomic E-state index is -4.67. The minimum Gasteiger partial charge on any atom is -1.00 e. The van der Waals surface area contributed by atoms with Crippen LogP contribution in [-0.2, 0) is 64.0 Å². The Kier molecular flexibility index (Phi) is 565. The van der Waals surface area contributed by atoms with E-state index in [9.17, 15) is 35.8 Å². The topological polar surface area (TPSA) is 250 Å². The van der Waals surface area contributed by atoms with Crippen LogP contribution in [0.3, 0.4) is 0 Å². The summed E-state index contributed by atoms with van der Waals surface area (Å²) >= 11 is 16.5. The predicted octanol–water partition coefficient (Wildman–Crippen LogP) is 4.20. The molecule has 330 valence electrons. The molecule has 0 fully saturated rings. The van der Waals surface area contributed by atoms with Gasteiger partial charge in [-0.3, -0.25) is 10.1 Å². The average Bonchev–Trinajstić information content (AvgIpc) is 2.81. The molecule has 16 nitrogen and oxygen atoms in total. The molecule has 0 N–H and O–H groups in total. The van der Waals surface area contributed by atoms with Crippen molar-refractivity contribution in [3.05, 3.63) is 0 Å². The maximum Gasteiger partial charge on any atom is 0.336 e. The Morgan fingerprint density at radius 2 is 0.532 bits per heavy atom. The lowest BCUT2D eigenvalue weighted by Crippen LogP contribution is -3.00. The Bertz CT molecular complexity index is 703. The summed E-state index contributed by atoms with van der Waals surface area (Å²) in [5.41, 5.74) is 0. The number of hydrogen-bond donors (Lipinski definition) is 0. The van der Waals surface area contributed by atoms with Gasteiger partial charge in [0.2, 0.25) is 0 Å². The third kappa shape index (κ3) is 128. The highest BCUT2D eigenvalue weighted by atomic mass is 80.9. The maximum atomic E-state index is 10.2. The first kappa shape index (κ1) is 174. The third-order valence-electron chi connectivity index (χ3n) is 0.722. The van der Waals surface area contributed by atoms with Crippen LogP contribution in [0.4, 0.5) is 0 Å². The van der Waals surface area contributed by atoms with E-state index in [1.165, 1.54) is 0 Å². The Hall–Kier alpha value is 4.35. The fourth-order valence-electron chi connectivity index (χ4n) is 0.181. The summed E-state index contributed by atoms with van der Waals surface area (Å²) in [5, 5.41) is 41.4. The molecule has 0 saturated carbocycles. The summed E-state index contributed by atoms with van der Waals surface area (Å²) in [7, 11) is 0.164. The van der Waals surface area contributed by atoms with Gasteiger partial charge >= 0.3 is 36.6 Å². The van der Waals surface area contributed by atoms with Crippen LogP contribution in [0.1, 0.15) is 111 Å². The van der Waals surface area contributed by atoms with Crippen molar-refractivity contribution in [3.8, 4) is 0 Å². The second-order valence-electron chi connectivity index (χ2n) is 1.63. The standard InChI is InChI=1S/15CH4.3Br2.BrH.2Cl2.ClH.2H2O8S2/c;;;;;;;;;;;;;;;3*1-2;;2*1-2;;2*1-6-8-10(5,7-2)9(3)4/h15*1H4;;;;1H;;;1H;2*1-2H/p-6. The Labute approximate surface area is 374 Å². The Morgan fingerprint density at radius 1 is 0.426 bits per heavy atom. The molecule has 0 aliphatic rings. The van der Waals surface area contributed by atoms with Gasteiger partial charge in [0.05, 0.1) is 0 Å². The van der Waals surface area contributed by atoms with Crippen LogP contribution in [0.15, 0.2) is 0 Å². The van der Waals surface area contributed by atoms with Gasteiger partial charge in [-0.1, -0.05) is 111 Å². The van der Waals surface area contributed by atoms with Gasteiger partial charge in [-0.2, -0.15) is 25.3 Å². The molecular weight excluding hydrogens is 1300 g/mol. The van der Waals surface area contributed by atoms with E-state index in [-0.39, 0.29) is 141 Å². The van der Waals surface area contributed by atoms with Crippen molar-refractivity contribution in [2.75, 3.05) is 0 Å². The summed E-state index contributed by atoms with van der Waals surface area (Å²) < 4.78 is 70.2. The lowest BCUT2D eigenvalue weighted by molar-refractivity contribution is -0.781. The molecule has 0 heterocycles. The van der Waals surface area contributed by atoms with E-state index in [4.69, 9.17) is 10.5 Å². The molecule has 0 aromatic carbocycles. The second kappa shape index (κ2) is 153. The summed E-state index contributed by atoms with van der Waals surface area (Å²) in [6, 6.07) is 0. The van der Waals surface area contributed by atoms with E-state index in [0.717, 1.165) is 0 Å². The van der Waals surface area contributed by atoms with Crippen molar-refractivity contribution in [1.82, 2.24) is 0 Å². The largest absolute Gasteiger partial charge is 1.00 e. The van der Waals surface area contributed by atoms with Crippen molar-refractivity contribution in [1.29, 1.82) is 0 Å². The third-order valence-corrected chi connectivity index (χ3v) is 4.83. The Morgan fingerprint density at radius 3 is 0.553 bits per heavy atom. The van der Waals surface area contributed by atoms with Gasteiger partial charge in [0.15, 0.2) is 0 Å². The first-order valence-corrected chi connectivity index (χ1v) is 23.1. The van der Waals surface area contributed by atoms with Crippen LogP contribution < -0.4 is 50.4 Å².